The molecule has 1 aliphatic heterocycles. The van der Waals surface area contributed by atoms with E-state index in [1.807, 2.05) is 36.4 Å². The highest BCUT2D eigenvalue weighted by Gasteiger charge is 2.32. The molecule has 25 heavy (non-hydrogen) atoms. The lowest BCUT2D eigenvalue weighted by atomic mass is 9.83. The Bertz CT molecular complexity index is 1190. The molecule has 3 heteroatoms. The van der Waals surface area contributed by atoms with Crippen molar-refractivity contribution >= 4 is 21.7 Å². The molecular formula is C22H16O3. The van der Waals surface area contributed by atoms with Crippen LogP contribution in [0.4, 0.5) is 0 Å². The molecule has 5 rings (SSSR count). The van der Waals surface area contributed by atoms with Gasteiger partial charge in [-0.2, -0.15) is 0 Å². The van der Waals surface area contributed by atoms with Crippen LogP contribution in [0.1, 0.15) is 30.4 Å². The zero-order valence-corrected chi connectivity index (χ0v) is 13.8. The van der Waals surface area contributed by atoms with Crippen LogP contribution in [0.3, 0.4) is 0 Å². The number of benzene rings is 3. The van der Waals surface area contributed by atoms with Crippen molar-refractivity contribution in [3.05, 3.63) is 82.2 Å². The van der Waals surface area contributed by atoms with Crippen LogP contribution in [0.25, 0.3) is 21.7 Å². The van der Waals surface area contributed by atoms with Crippen LogP contribution >= 0.6 is 0 Å². The Labute approximate surface area is 144 Å². The number of para-hydroxylation sites is 1. The lowest BCUT2D eigenvalue weighted by Crippen LogP contribution is -2.19. The fourth-order valence-corrected chi connectivity index (χ4v) is 3.93. The van der Waals surface area contributed by atoms with Gasteiger partial charge in [-0.05, 0) is 35.4 Å². The predicted molar refractivity (Wildman–Crippen MR) is 98.6 cm³/mol. The molecule has 1 unspecified atom stereocenters. The van der Waals surface area contributed by atoms with Crippen molar-refractivity contribution < 1.29 is 9.15 Å². The average Bonchev–Trinajstić information content (AvgIpc) is 2.66. The Morgan fingerprint density at radius 2 is 1.64 bits per heavy atom. The summed E-state index contributed by atoms with van der Waals surface area (Å²) in [5.41, 5.74) is 1.96. The van der Waals surface area contributed by atoms with Gasteiger partial charge in [0.15, 0.2) is 0 Å². The zero-order chi connectivity index (χ0) is 17.0. The molecule has 122 valence electrons. The maximum Gasteiger partial charge on any atom is 0.343 e. The van der Waals surface area contributed by atoms with Crippen LogP contribution in [0, 0.1) is 0 Å². The smallest absolute Gasteiger partial charge is 0.343 e. The summed E-state index contributed by atoms with van der Waals surface area (Å²) < 4.78 is 11.8. The lowest BCUT2D eigenvalue weighted by Gasteiger charge is -2.28. The first-order valence-corrected chi connectivity index (χ1v) is 8.53. The molecule has 0 bridgehead atoms. The summed E-state index contributed by atoms with van der Waals surface area (Å²) in [6.45, 7) is 2.10. The van der Waals surface area contributed by atoms with Crippen LogP contribution < -0.4 is 10.4 Å². The Kier molecular flexibility index (Phi) is 2.98. The molecule has 1 aromatic heterocycles. The van der Waals surface area contributed by atoms with Gasteiger partial charge in [-0.25, -0.2) is 4.79 Å². The molecule has 1 aliphatic rings. The van der Waals surface area contributed by atoms with Gasteiger partial charge in [0.05, 0.1) is 10.9 Å². The van der Waals surface area contributed by atoms with Crippen LogP contribution in [0.2, 0.25) is 0 Å². The first-order chi connectivity index (χ1) is 12.3. The number of rotatable bonds is 1. The number of fused-ring (bicyclic) bond motifs is 6. The van der Waals surface area contributed by atoms with E-state index < -0.39 is 0 Å². The monoisotopic (exact) mass is 328 g/mol. The fraction of sp³-hybridized carbons (Fsp3) is 0.136. The molecule has 1 atom stereocenters. The predicted octanol–water partition coefficient (Wildman–Crippen LogP) is 5.59. The maximum absolute atomic E-state index is 12.7. The van der Waals surface area contributed by atoms with E-state index >= 15 is 0 Å². The number of hydrogen-bond donors (Lipinski definition) is 0. The van der Waals surface area contributed by atoms with E-state index in [0.29, 0.717) is 16.9 Å². The first-order valence-electron chi connectivity index (χ1n) is 8.53. The van der Waals surface area contributed by atoms with Crippen molar-refractivity contribution in [2.45, 2.75) is 19.3 Å². The molecule has 0 amide bonds. The summed E-state index contributed by atoms with van der Waals surface area (Å²) in [7, 11) is 0. The topological polar surface area (TPSA) is 39.4 Å². The van der Waals surface area contributed by atoms with E-state index in [0.717, 1.165) is 33.9 Å². The van der Waals surface area contributed by atoms with Crippen molar-refractivity contribution in [2.75, 3.05) is 0 Å². The summed E-state index contributed by atoms with van der Waals surface area (Å²) >= 11 is 0. The van der Waals surface area contributed by atoms with Crippen molar-refractivity contribution in [3.63, 3.8) is 0 Å². The average molecular weight is 328 g/mol. The number of hydrogen-bond acceptors (Lipinski definition) is 3. The van der Waals surface area contributed by atoms with Crippen LogP contribution in [-0.2, 0) is 0 Å². The number of ether oxygens (including phenoxy) is 1. The molecule has 4 aromatic rings. The van der Waals surface area contributed by atoms with Gasteiger partial charge in [0.1, 0.15) is 17.1 Å². The Balaban J connectivity index is 1.89. The Morgan fingerprint density at radius 1 is 0.880 bits per heavy atom. The van der Waals surface area contributed by atoms with Crippen LogP contribution in [-0.4, -0.2) is 0 Å². The summed E-state index contributed by atoms with van der Waals surface area (Å²) in [5, 5.41) is 3.12. The highest BCUT2D eigenvalue weighted by Crippen LogP contribution is 2.49. The van der Waals surface area contributed by atoms with E-state index in [-0.39, 0.29) is 11.5 Å². The molecule has 0 radical (unpaired) electrons. The second kappa shape index (κ2) is 5.21. The molecular weight excluding hydrogens is 312 g/mol. The van der Waals surface area contributed by atoms with Gasteiger partial charge < -0.3 is 9.15 Å². The minimum Gasteiger partial charge on any atom is -0.456 e. The highest BCUT2D eigenvalue weighted by atomic mass is 16.5. The summed E-state index contributed by atoms with van der Waals surface area (Å²) in [6.07, 6.45) is 0.806. The third kappa shape index (κ3) is 1.96. The van der Waals surface area contributed by atoms with Crippen LogP contribution in [0.15, 0.2) is 69.9 Å². The minimum absolute atomic E-state index is 0.0364. The van der Waals surface area contributed by atoms with Crippen molar-refractivity contribution in [1.82, 2.24) is 0 Å². The van der Waals surface area contributed by atoms with E-state index in [4.69, 9.17) is 9.15 Å². The molecule has 0 N–H and O–H groups in total. The standard InChI is InChI=1S/C22H16O3/c1-2-14-19-15-8-4-3-7-13(15)11-12-18(19)24-21-16-9-5-6-10-17(16)25-22(23)20(14)21/h3-12,14H,2H2,1H3. The van der Waals surface area contributed by atoms with Gasteiger partial charge in [0.2, 0.25) is 0 Å². The van der Waals surface area contributed by atoms with Crippen molar-refractivity contribution in [3.8, 4) is 11.5 Å². The van der Waals surface area contributed by atoms with Gasteiger partial charge in [-0.15, -0.1) is 0 Å². The SMILES string of the molecule is CCC1c2c(c3ccccc3oc2=O)Oc2ccc3ccccc3c21. The summed E-state index contributed by atoms with van der Waals surface area (Å²) in [6, 6.07) is 19.8. The Morgan fingerprint density at radius 3 is 2.48 bits per heavy atom. The zero-order valence-electron chi connectivity index (χ0n) is 13.8. The highest BCUT2D eigenvalue weighted by molar-refractivity contribution is 5.92. The maximum atomic E-state index is 12.7. The quantitative estimate of drug-likeness (QED) is 0.427. The molecule has 0 fully saturated rings. The first kappa shape index (κ1) is 14.3. The van der Waals surface area contributed by atoms with Crippen LogP contribution in [0.5, 0.6) is 11.5 Å². The molecule has 3 aromatic carbocycles. The van der Waals surface area contributed by atoms with Gasteiger partial charge in [-0.1, -0.05) is 49.4 Å². The largest absolute Gasteiger partial charge is 0.456 e. The second-order valence-electron chi connectivity index (χ2n) is 6.39. The molecule has 0 saturated heterocycles. The van der Waals surface area contributed by atoms with E-state index in [2.05, 4.69) is 25.1 Å². The third-order valence-corrected chi connectivity index (χ3v) is 5.05. The third-order valence-electron chi connectivity index (χ3n) is 5.05. The van der Waals surface area contributed by atoms with Gasteiger partial charge in [0, 0.05) is 11.5 Å². The van der Waals surface area contributed by atoms with Gasteiger partial charge in [0.25, 0.3) is 0 Å². The minimum atomic E-state index is -0.306. The molecule has 2 heterocycles. The lowest BCUT2D eigenvalue weighted by molar-refractivity contribution is 0.431. The molecule has 0 aliphatic carbocycles. The molecule has 3 nitrogen and oxygen atoms in total. The molecule has 0 spiro atoms. The summed E-state index contributed by atoms with van der Waals surface area (Å²) in [4.78, 5) is 12.7. The summed E-state index contributed by atoms with van der Waals surface area (Å²) in [5.74, 6) is 1.43. The Hall–Kier alpha value is -3.07. The van der Waals surface area contributed by atoms with E-state index in [9.17, 15) is 4.79 Å². The molecule has 0 saturated carbocycles. The second-order valence-corrected chi connectivity index (χ2v) is 6.39. The van der Waals surface area contributed by atoms with E-state index in [1.165, 1.54) is 0 Å². The normalized spacial score (nSPS) is 15.6. The van der Waals surface area contributed by atoms with E-state index in [1.54, 1.807) is 6.07 Å². The van der Waals surface area contributed by atoms with Crippen molar-refractivity contribution in [1.29, 1.82) is 0 Å². The van der Waals surface area contributed by atoms with Gasteiger partial charge in [-0.3, -0.25) is 0 Å². The van der Waals surface area contributed by atoms with Gasteiger partial charge >= 0.3 is 5.63 Å². The van der Waals surface area contributed by atoms with Crippen molar-refractivity contribution in [2.24, 2.45) is 0 Å². The fourth-order valence-electron chi connectivity index (χ4n) is 3.93.